The van der Waals surface area contributed by atoms with E-state index in [2.05, 4.69) is 19.8 Å². The van der Waals surface area contributed by atoms with Crippen LogP contribution in [-0.2, 0) is 0 Å². The van der Waals surface area contributed by atoms with Crippen LogP contribution in [0.25, 0.3) is 11.4 Å². The van der Waals surface area contributed by atoms with Crippen molar-refractivity contribution < 1.29 is 8.78 Å². The standard InChI is InChI=1S/C22H23F2N5/c1-15-12-21(27-22(26-15)17-4-3-7-25-14-17)29-10-8-28(9-11-29)16(2)19-6-5-18(23)13-20(19)24/h3-7,12-14,16H,8-11H2,1-2H3. The summed E-state index contributed by atoms with van der Waals surface area (Å²) in [6.07, 6.45) is 3.49. The number of hydrogen-bond donors (Lipinski definition) is 0. The van der Waals surface area contributed by atoms with E-state index in [9.17, 15) is 8.78 Å². The Hall–Kier alpha value is -2.93. The van der Waals surface area contributed by atoms with Gasteiger partial charge >= 0.3 is 0 Å². The molecule has 0 saturated carbocycles. The third-order valence-electron chi connectivity index (χ3n) is 5.36. The van der Waals surface area contributed by atoms with E-state index in [1.165, 1.54) is 12.1 Å². The largest absolute Gasteiger partial charge is 0.354 e. The zero-order valence-corrected chi connectivity index (χ0v) is 16.5. The molecule has 0 spiro atoms. The molecule has 29 heavy (non-hydrogen) atoms. The molecule has 1 unspecified atom stereocenters. The van der Waals surface area contributed by atoms with Gasteiger partial charge in [0.1, 0.15) is 17.5 Å². The molecule has 0 bridgehead atoms. The van der Waals surface area contributed by atoms with Crippen LogP contribution in [0.5, 0.6) is 0 Å². The quantitative estimate of drug-likeness (QED) is 0.668. The Kier molecular flexibility index (Phi) is 5.49. The molecule has 1 atom stereocenters. The average Bonchev–Trinajstić information content (AvgIpc) is 2.74. The fourth-order valence-electron chi connectivity index (χ4n) is 3.71. The number of anilines is 1. The lowest BCUT2D eigenvalue weighted by Gasteiger charge is -2.39. The minimum atomic E-state index is -0.549. The molecule has 1 fully saturated rings. The second-order valence-corrected chi connectivity index (χ2v) is 7.30. The minimum Gasteiger partial charge on any atom is -0.354 e. The second-order valence-electron chi connectivity index (χ2n) is 7.30. The summed E-state index contributed by atoms with van der Waals surface area (Å²) >= 11 is 0. The van der Waals surface area contributed by atoms with Crippen molar-refractivity contribution in [2.24, 2.45) is 0 Å². The number of pyridine rings is 1. The van der Waals surface area contributed by atoms with E-state index in [1.54, 1.807) is 12.4 Å². The Labute approximate surface area is 169 Å². The predicted molar refractivity (Wildman–Crippen MR) is 109 cm³/mol. The Morgan fingerprint density at radius 1 is 1.00 bits per heavy atom. The summed E-state index contributed by atoms with van der Waals surface area (Å²) in [6.45, 7) is 7.00. The molecule has 1 aromatic carbocycles. The first-order chi connectivity index (χ1) is 14.0. The molecule has 0 amide bonds. The van der Waals surface area contributed by atoms with E-state index < -0.39 is 11.6 Å². The second kappa shape index (κ2) is 8.21. The first-order valence-electron chi connectivity index (χ1n) is 9.71. The van der Waals surface area contributed by atoms with E-state index in [1.807, 2.05) is 32.0 Å². The molecule has 150 valence electrons. The topological polar surface area (TPSA) is 45.2 Å². The number of rotatable bonds is 4. The molecule has 0 N–H and O–H groups in total. The highest BCUT2D eigenvalue weighted by atomic mass is 19.1. The van der Waals surface area contributed by atoms with Crippen LogP contribution in [0.2, 0.25) is 0 Å². The summed E-state index contributed by atoms with van der Waals surface area (Å²) in [7, 11) is 0. The lowest BCUT2D eigenvalue weighted by Crippen LogP contribution is -2.47. The molecule has 5 nitrogen and oxygen atoms in total. The molecule has 3 aromatic rings. The van der Waals surface area contributed by atoms with Crippen LogP contribution in [0.15, 0.2) is 48.8 Å². The van der Waals surface area contributed by atoms with Crippen LogP contribution < -0.4 is 4.90 Å². The molecule has 1 aliphatic rings. The van der Waals surface area contributed by atoms with Crippen molar-refractivity contribution >= 4 is 5.82 Å². The van der Waals surface area contributed by atoms with E-state index in [-0.39, 0.29) is 6.04 Å². The van der Waals surface area contributed by atoms with Gasteiger partial charge in [-0.3, -0.25) is 9.88 Å². The van der Waals surface area contributed by atoms with Gasteiger partial charge < -0.3 is 4.90 Å². The fraction of sp³-hybridized carbons (Fsp3) is 0.318. The number of piperazine rings is 1. The van der Waals surface area contributed by atoms with Gasteiger partial charge in [0, 0.05) is 73.6 Å². The number of benzene rings is 1. The van der Waals surface area contributed by atoms with Gasteiger partial charge in [-0.05, 0) is 32.0 Å². The molecule has 7 heteroatoms. The van der Waals surface area contributed by atoms with Crippen LogP contribution in [0.4, 0.5) is 14.6 Å². The Balaban J connectivity index is 1.48. The zero-order valence-electron chi connectivity index (χ0n) is 16.5. The fourth-order valence-corrected chi connectivity index (χ4v) is 3.71. The first kappa shape index (κ1) is 19.4. The molecular formula is C22H23F2N5. The molecule has 0 radical (unpaired) electrons. The number of aryl methyl sites for hydroxylation is 1. The molecule has 0 aliphatic carbocycles. The maximum atomic E-state index is 14.1. The summed E-state index contributed by atoms with van der Waals surface area (Å²) in [6, 6.07) is 9.49. The van der Waals surface area contributed by atoms with Crippen LogP contribution in [0.1, 0.15) is 24.2 Å². The van der Waals surface area contributed by atoms with Gasteiger partial charge in [-0.15, -0.1) is 0 Å². The highest BCUT2D eigenvalue weighted by Crippen LogP contribution is 2.26. The summed E-state index contributed by atoms with van der Waals surface area (Å²) in [5, 5.41) is 0. The van der Waals surface area contributed by atoms with E-state index in [4.69, 9.17) is 4.98 Å². The van der Waals surface area contributed by atoms with E-state index in [0.717, 1.165) is 49.3 Å². The summed E-state index contributed by atoms with van der Waals surface area (Å²) in [5.41, 5.74) is 2.31. The zero-order chi connectivity index (χ0) is 20.4. The van der Waals surface area contributed by atoms with Crippen molar-refractivity contribution in [3.05, 3.63) is 71.7 Å². The van der Waals surface area contributed by atoms with Gasteiger partial charge in [0.15, 0.2) is 5.82 Å². The van der Waals surface area contributed by atoms with Crippen molar-refractivity contribution in [3.63, 3.8) is 0 Å². The maximum absolute atomic E-state index is 14.1. The summed E-state index contributed by atoms with van der Waals surface area (Å²) in [4.78, 5) is 17.9. The normalized spacial score (nSPS) is 16.1. The molecule has 2 aromatic heterocycles. The number of aromatic nitrogens is 3. The smallest absolute Gasteiger partial charge is 0.163 e. The van der Waals surface area contributed by atoms with Gasteiger partial charge in [0.25, 0.3) is 0 Å². The Morgan fingerprint density at radius 3 is 2.48 bits per heavy atom. The van der Waals surface area contributed by atoms with Gasteiger partial charge in [-0.25, -0.2) is 18.7 Å². The summed E-state index contributed by atoms with van der Waals surface area (Å²) < 4.78 is 27.4. The van der Waals surface area contributed by atoms with Crippen molar-refractivity contribution in [2.45, 2.75) is 19.9 Å². The monoisotopic (exact) mass is 395 g/mol. The maximum Gasteiger partial charge on any atom is 0.163 e. The van der Waals surface area contributed by atoms with E-state index >= 15 is 0 Å². The lowest BCUT2D eigenvalue weighted by atomic mass is 10.1. The Bertz CT molecular complexity index is 988. The van der Waals surface area contributed by atoms with Crippen LogP contribution >= 0.6 is 0 Å². The molecular weight excluding hydrogens is 372 g/mol. The highest BCUT2D eigenvalue weighted by molar-refractivity contribution is 5.56. The van der Waals surface area contributed by atoms with Crippen molar-refractivity contribution in [2.75, 3.05) is 31.1 Å². The molecule has 1 aliphatic heterocycles. The van der Waals surface area contributed by atoms with Gasteiger partial charge in [0.05, 0.1) is 0 Å². The minimum absolute atomic E-state index is 0.115. The van der Waals surface area contributed by atoms with Gasteiger partial charge in [0.2, 0.25) is 0 Å². The SMILES string of the molecule is Cc1cc(N2CCN(C(C)c3ccc(F)cc3F)CC2)nc(-c2cccnc2)n1. The Morgan fingerprint density at radius 2 is 1.79 bits per heavy atom. The third kappa shape index (κ3) is 4.24. The summed E-state index contributed by atoms with van der Waals surface area (Å²) in [5.74, 6) is 0.508. The molecule has 3 heterocycles. The van der Waals surface area contributed by atoms with Crippen LogP contribution in [-0.4, -0.2) is 46.0 Å². The molecule has 1 saturated heterocycles. The molecule has 4 rings (SSSR count). The average molecular weight is 395 g/mol. The van der Waals surface area contributed by atoms with Crippen molar-refractivity contribution in [1.82, 2.24) is 19.9 Å². The van der Waals surface area contributed by atoms with Crippen LogP contribution in [0, 0.1) is 18.6 Å². The first-order valence-corrected chi connectivity index (χ1v) is 9.71. The highest BCUT2D eigenvalue weighted by Gasteiger charge is 2.25. The number of nitrogens with zero attached hydrogens (tertiary/aromatic N) is 5. The van der Waals surface area contributed by atoms with Crippen molar-refractivity contribution in [1.29, 1.82) is 0 Å². The van der Waals surface area contributed by atoms with Gasteiger partial charge in [-0.2, -0.15) is 0 Å². The third-order valence-corrected chi connectivity index (χ3v) is 5.36. The van der Waals surface area contributed by atoms with Crippen molar-refractivity contribution in [3.8, 4) is 11.4 Å². The number of hydrogen-bond acceptors (Lipinski definition) is 5. The lowest BCUT2D eigenvalue weighted by molar-refractivity contribution is 0.194. The van der Waals surface area contributed by atoms with E-state index in [0.29, 0.717) is 11.4 Å². The predicted octanol–water partition coefficient (Wildman–Crippen LogP) is 4.01. The van der Waals surface area contributed by atoms with Gasteiger partial charge in [-0.1, -0.05) is 6.07 Å². The number of halogens is 2. The van der Waals surface area contributed by atoms with Crippen LogP contribution in [0.3, 0.4) is 0 Å².